The van der Waals surface area contributed by atoms with Crippen LogP contribution < -0.4 is 5.73 Å². The van der Waals surface area contributed by atoms with Crippen LogP contribution in [0, 0.1) is 6.92 Å². The summed E-state index contributed by atoms with van der Waals surface area (Å²) in [4.78, 5) is 0. The number of aryl methyl sites for hydroxylation is 1. The van der Waals surface area contributed by atoms with Gasteiger partial charge in [-0.25, -0.2) is 0 Å². The fraction of sp³-hybridized carbons (Fsp3) is 0.400. The summed E-state index contributed by atoms with van der Waals surface area (Å²) in [5.41, 5.74) is 8.09. The van der Waals surface area contributed by atoms with Gasteiger partial charge in [-0.3, -0.25) is 0 Å². The molecule has 72 valence electrons. The van der Waals surface area contributed by atoms with Gasteiger partial charge >= 0.3 is 0 Å². The second-order valence-corrected chi connectivity index (χ2v) is 3.50. The Balaban J connectivity index is 2.88. The molecule has 1 aromatic carbocycles. The highest BCUT2D eigenvalue weighted by Crippen LogP contribution is 2.19. The molecule has 0 amide bonds. The van der Waals surface area contributed by atoms with Crippen LogP contribution in [0.4, 0.5) is 0 Å². The maximum Gasteiger partial charge on any atom is 0.0655 e. The molecule has 1 aromatic rings. The first-order valence-corrected chi connectivity index (χ1v) is 4.53. The largest absolute Gasteiger partial charge is 0.383 e. The fourth-order valence-electron chi connectivity index (χ4n) is 1.32. The molecule has 0 aliphatic carbocycles. The van der Waals surface area contributed by atoms with E-state index in [1.54, 1.807) is 7.11 Å². The van der Waals surface area contributed by atoms with Crippen LogP contribution in [-0.2, 0) is 4.74 Å². The Labute approximate surface area is 83.6 Å². The smallest absolute Gasteiger partial charge is 0.0655 e. The van der Waals surface area contributed by atoms with Crippen molar-refractivity contribution in [3.05, 3.63) is 34.3 Å². The maximum absolute atomic E-state index is 5.89. The lowest BCUT2D eigenvalue weighted by Crippen LogP contribution is -2.17. The van der Waals surface area contributed by atoms with Gasteiger partial charge in [0, 0.05) is 12.1 Å². The Morgan fingerprint density at radius 3 is 2.77 bits per heavy atom. The molecule has 0 aliphatic rings. The second-order valence-electron chi connectivity index (χ2n) is 3.06. The lowest BCUT2D eigenvalue weighted by molar-refractivity contribution is 0.180. The summed E-state index contributed by atoms with van der Waals surface area (Å²) in [6.45, 7) is 2.53. The number of benzene rings is 1. The van der Waals surface area contributed by atoms with Crippen molar-refractivity contribution in [2.75, 3.05) is 13.7 Å². The summed E-state index contributed by atoms with van der Waals surface area (Å²) in [6.07, 6.45) is 0. The third-order valence-electron chi connectivity index (χ3n) is 1.98. The Kier molecular flexibility index (Phi) is 3.72. The van der Waals surface area contributed by atoms with E-state index >= 15 is 0 Å². The molecule has 0 fully saturated rings. The minimum Gasteiger partial charge on any atom is -0.383 e. The van der Waals surface area contributed by atoms with Gasteiger partial charge in [-0.15, -0.1) is 0 Å². The summed E-state index contributed by atoms with van der Waals surface area (Å²) >= 11 is 5.83. The molecule has 1 rings (SSSR count). The van der Waals surface area contributed by atoms with Crippen molar-refractivity contribution in [2.45, 2.75) is 13.0 Å². The molecule has 13 heavy (non-hydrogen) atoms. The predicted octanol–water partition coefficient (Wildman–Crippen LogP) is 2.29. The van der Waals surface area contributed by atoms with Gasteiger partial charge in [0.25, 0.3) is 0 Å². The molecule has 0 radical (unpaired) electrons. The summed E-state index contributed by atoms with van der Waals surface area (Å²) in [5, 5.41) is 0.742. The van der Waals surface area contributed by atoms with Gasteiger partial charge in [0.15, 0.2) is 0 Å². The quantitative estimate of drug-likeness (QED) is 0.811. The molecular formula is C10H14ClNO. The molecule has 0 aromatic heterocycles. The van der Waals surface area contributed by atoms with E-state index in [9.17, 15) is 0 Å². The van der Waals surface area contributed by atoms with E-state index in [0.717, 1.165) is 16.1 Å². The number of nitrogens with two attached hydrogens (primary N) is 1. The molecule has 0 heterocycles. The minimum absolute atomic E-state index is 0.0673. The Bertz CT molecular complexity index is 288. The lowest BCUT2D eigenvalue weighted by atomic mass is 10.0. The topological polar surface area (TPSA) is 35.2 Å². The van der Waals surface area contributed by atoms with Crippen molar-refractivity contribution in [1.29, 1.82) is 0 Å². The van der Waals surface area contributed by atoms with E-state index in [2.05, 4.69) is 0 Å². The van der Waals surface area contributed by atoms with Gasteiger partial charge in [-0.05, 0) is 30.2 Å². The average molecular weight is 200 g/mol. The summed E-state index contributed by atoms with van der Waals surface area (Å²) < 4.78 is 4.99. The number of rotatable bonds is 3. The molecule has 0 bridgehead atoms. The van der Waals surface area contributed by atoms with Crippen molar-refractivity contribution in [1.82, 2.24) is 0 Å². The van der Waals surface area contributed by atoms with E-state index < -0.39 is 0 Å². The van der Waals surface area contributed by atoms with Crippen molar-refractivity contribution >= 4 is 11.6 Å². The number of halogens is 1. The maximum atomic E-state index is 5.89. The van der Waals surface area contributed by atoms with Crippen LogP contribution in [0.3, 0.4) is 0 Å². The predicted molar refractivity (Wildman–Crippen MR) is 55.0 cm³/mol. The van der Waals surface area contributed by atoms with Crippen LogP contribution in [0.5, 0.6) is 0 Å². The van der Waals surface area contributed by atoms with Crippen LogP contribution in [-0.4, -0.2) is 13.7 Å². The van der Waals surface area contributed by atoms with Crippen LogP contribution in [0.2, 0.25) is 5.02 Å². The van der Waals surface area contributed by atoms with Crippen molar-refractivity contribution < 1.29 is 4.74 Å². The third-order valence-corrected chi connectivity index (χ3v) is 2.21. The first-order chi connectivity index (χ1) is 6.15. The number of methoxy groups -OCH3 is 1. The lowest BCUT2D eigenvalue weighted by Gasteiger charge is -2.13. The first kappa shape index (κ1) is 10.5. The van der Waals surface area contributed by atoms with Crippen LogP contribution >= 0.6 is 11.6 Å². The fourth-order valence-corrected chi connectivity index (χ4v) is 1.55. The van der Waals surface area contributed by atoms with E-state index in [1.807, 2.05) is 25.1 Å². The zero-order chi connectivity index (χ0) is 9.84. The van der Waals surface area contributed by atoms with Gasteiger partial charge in [-0.2, -0.15) is 0 Å². The normalized spacial score (nSPS) is 12.9. The van der Waals surface area contributed by atoms with Gasteiger partial charge in [-0.1, -0.05) is 17.7 Å². The van der Waals surface area contributed by atoms with E-state index in [1.165, 1.54) is 0 Å². The highest BCUT2D eigenvalue weighted by atomic mass is 35.5. The molecule has 2 N–H and O–H groups in total. The molecular weight excluding hydrogens is 186 g/mol. The highest BCUT2D eigenvalue weighted by molar-refractivity contribution is 6.30. The summed E-state index contributed by atoms with van der Waals surface area (Å²) in [6, 6.07) is 5.63. The van der Waals surface area contributed by atoms with Gasteiger partial charge in [0.05, 0.1) is 12.6 Å². The Hall–Kier alpha value is -0.570. The van der Waals surface area contributed by atoms with Crippen LogP contribution in [0.25, 0.3) is 0 Å². The van der Waals surface area contributed by atoms with Crippen molar-refractivity contribution in [3.63, 3.8) is 0 Å². The molecule has 0 saturated heterocycles. The molecule has 0 aliphatic heterocycles. The monoisotopic (exact) mass is 199 g/mol. The van der Waals surface area contributed by atoms with Crippen LogP contribution in [0.1, 0.15) is 17.2 Å². The molecule has 2 nitrogen and oxygen atoms in total. The zero-order valence-corrected chi connectivity index (χ0v) is 8.64. The highest BCUT2D eigenvalue weighted by Gasteiger charge is 2.08. The van der Waals surface area contributed by atoms with Gasteiger partial charge in [0.1, 0.15) is 0 Å². The number of hydrogen-bond donors (Lipinski definition) is 1. The SMILES string of the molecule is COC[C@H](N)c1ccc(Cl)cc1C. The Morgan fingerprint density at radius 2 is 2.23 bits per heavy atom. The molecule has 1 atom stereocenters. The Morgan fingerprint density at radius 1 is 1.54 bits per heavy atom. The minimum atomic E-state index is -0.0673. The van der Waals surface area contributed by atoms with E-state index in [4.69, 9.17) is 22.1 Å². The molecule has 3 heteroatoms. The molecule has 0 spiro atoms. The summed E-state index contributed by atoms with van der Waals surface area (Å²) in [5.74, 6) is 0. The van der Waals surface area contributed by atoms with Crippen LogP contribution in [0.15, 0.2) is 18.2 Å². The van der Waals surface area contributed by atoms with E-state index in [0.29, 0.717) is 6.61 Å². The third kappa shape index (κ3) is 2.69. The average Bonchev–Trinajstić information content (AvgIpc) is 2.04. The van der Waals surface area contributed by atoms with E-state index in [-0.39, 0.29) is 6.04 Å². The van der Waals surface area contributed by atoms with Crippen molar-refractivity contribution in [2.24, 2.45) is 5.73 Å². The molecule has 0 saturated carbocycles. The second kappa shape index (κ2) is 4.61. The number of ether oxygens (including phenoxy) is 1. The molecule has 0 unspecified atom stereocenters. The standard InChI is InChI=1S/C10H14ClNO/c1-7-5-8(11)3-4-9(7)10(12)6-13-2/h3-5,10H,6,12H2,1-2H3/t10-/m0/s1. The first-order valence-electron chi connectivity index (χ1n) is 4.15. The zero-order valence-electron chi connectivity index (χ0n) is 7.88. The number of hydrogen-bond acceptors (Lipinski definition) is 2. The van der Waals surface area contributed by atoms with Gasteiger partial charge in [0.2, 0.25) is 0 Å². The van der Waals surface area contributed by atoms with Gasteiger partial charge < -0.3 is 10.5 Å². The van der Waals surface area contributed by atoms with Crippen molar-refractivity contribution in [3.8, 4) is 0 Å². The summed E-state index contributed by atoms with van der Waals surface area (Å²) in [7, 11) is 1.64.